The molecule has 0 spiro atoms. The smallest absolute Gasteiger partial charge is 0.245 e. The summed E-state index contributed by atoms with van der Waals surface area (Å²) in [7, 11) is 0. The number of benzene rings is 2. The van der Waals surface area contributed by atoms with E-state index in [1.54, 1.807) is 6.07 Å². The summed E-state index contributed by atoms with van der Waals surface area (Å²) in [4.78, 5) is 58.4. The molecule has 1 saturated heterocycles. The molecule has 0 bridgehead atoms. The van der Waals surface area contributed by atoms with Crippen molar-refractivity contribution >= 4 is 41.1 Å². The molecule has 1 heterocycles. The zero-order chi connectivity index (χ0) is 32.8. The van der Waals surface area contributed by atoms with E-state index in [2.05, 4.69) is 10.6 Å². The van der Waals surface area contributed by atoms with E-state index in [1.165, 1.54) is 4.90 Å². The SMILES string of the molecule is Cc1ccccc1N(C(=O)CN)[C@H](Cc1ccccc1)C(=O)N[C@H](CC(C)C)C(=O)N[C@H](CCCN)C(=O)N1CCCSCC1. The van der Waals surface area contributed by atoms with E-state index in [1.807, 2.05) is 86.0 Å². The largest absolute Gasteiger partial charge is 0.343 e. The van der Waals surface area contributed by atoms with Crippen LogP contribution in [0, 0.1) is 12.8 Å². The molecule has 0 unspecified atom stereocenters. The fraction of sp³-hybridized carbons (Fsp3) is 0.529. The van der Waals surface area contributed by atoms with Crippen molar-refractivity contribution in [3.8, 4) is 0 Å². The Balaban J connectivity index is 1.92. The molecule has 3 atom stereocenters. The highest BCUT2D eigenvalue weighted by Crippen LogP contribution is 2.24. The number of carbonyl (C=O) groups is 4. The number of amides is 4. The molecule has 1 aliphatic rings. The number of hydrogen-bond donors (Lipinski definition) is 4. The lowest BCUT2D eigenvalue weighted by atomic mass is 9.98. The number of carbonyl (C=O) groups excluding carboxylic acids is 4. The van der Waals surface area contributed by atoms with Crippen molar-refractivity contribution in [2.24, 2.45) is 17.4 Å². The lowest BCUT2D eigenvalue weighted by Gasteiger charge is -2.34. The van der Waals surface area contributed by atoms with Gasteiger partial charge >= 0.3 is 0 Å². The van der Waals surface area contributed by atoms with Crippen LogP contribution in [0.1, 0.15) is 50.7 Å². The Bertz CT molecular complexity index is 1250. The molecule has 1 aliphatic heterocycles. The van der Waals surface area contributed by atoms with Crippen LogP contribution in [-0.2, 0) is 25.6 Å². The molecule has 1 fully saturated rings. The van der Waals surface area contributed by atoms with Crippen molar-refractivity contribution in [1.29, 1.82) is 0 Å². The summed E-state index contributed by atoms with van der Waals surface area (Å²) in [6.07, 6.45) is 2.46. The number of hydrogen-bond acceptors (Lipinski definition) is 7. The highest BCUT2D eigenvalue weighted by atomic mass is 32.2. The zero-order valence-electron chi connectivity index (χ0n) is 26.9. The van der Waals surface area contributed by atoms with Crippen LogP contribution in [0.3, 0.4) is 0 Å². The molecule has 0 aromatic heterocycles. The molecule has 45 heavy (non-hydrogen) atoms. The van der Waals surface area contributed by atoms with Crippen LogP contribution >= 0.6 is 11.8 Å². The average Bonchev–Trinajstić information content (AvgIpc) is 3.32. The summed E-state index contributed by atoms with van der Waals surface area (Å²) in [5.74, 6) is 0.497. The van der Waals surface area contributed by atoms with Crippen LogP contribution in [-0.4, -0.2) is 84.3 Å². The van der Waals surface area contributed by atoms with E-state index in [0.29, 0.717) is 44.6 Å². The maximum absolute atomic E-state index is 14.2. The normalized spacial score (nSPS) is 15.5. The number of nitrogens with two attached hydrogens (primary N) is 2. The lowest BCUT2D eigenvalue weighted by Crippen LogP contribution is -2.59. The van der Waals surface area contributed by atoms with E-state index in [9.17, 15) is 19.2 Å². The first-order chi connectivity index (χ1) is 21.7. The standard InChI is InChI=1S/C34H50N6O4S/c1-24(2)21-28(32(42)37-27(14-9-16-35)34(44)39-17-10-19-45-20-18-39)38-33(43)30(22-26-12-5-4-6-13-26)40(31(41)23-36)29-15-8-7-11-25(29)3/h4-8,11-13,15,24,27-28,30H,9-10,14,16-23,35-36H2,1-3H3,(H,37,42)(H,38,43)/t27-,28-,30-/m1/s1. The number of nitrogens with zero attached hydrogens (tertiary/aromatic N) is 2. The summed E-state index contributed by atoms with van der Waals surface area (Å²) >= 11 is 1.82. The number of rotatable bonds is 15. The third-order valence-electron chi connectivity index (χ3n) is 7.89. The number of nitrogens with one attached hydrogen (secondary N) is 2. The van der Waals surface area contributed by atoms with Gasteiger partial charge in [0.05, 0.1) is 6.54 Å². The molecule has 2 aromatic carbocycles. The quantitative estimate of drug-likeness (QED) is 0.234. The minimum Gasteiger partial charge on any atom is -0.343 e. The molecule has 3 rings (SSSR count). The Morgan fingerprint density at radius 3 is 2.27 bits per heavy atom. The second kappa shape index (κ2) is 18.5. The van der Waals surface area contributed by atoms with Gasteiger partial charge in [-0.05, 0) is 68.0 Å². The Hall–Kier alpha value is -3.41. The van der Waals surface area contributed by atoms with Gasteiger partial charge in [-0.2, -0.15) is 11.8 Å². The van der Waals surface area contributed by atoms with Gasteiger partial charge in [0.25, 0.3) is 0 Å². The monoisotopic (exact) mass is 638 g/mol. The third kappa shape index (κ3) is 10.9. The highest BCUT2D eigenvalue weighted by Gasteiger charge is 2.35. The van der Waals surface area contributed by atoms with E-state index in [0.717, 1.165) is 29.1 Å². The Morgan fingerprint density at radius 1 is 0.911 bits per heavy atom. The topological polar surface area (TPSA) is 151 Å². The van der Waals surface area contributed by atoms with E-state index in [-0.39, 0.29) is 24.8 Å². The summed E-state index contributed by atoms with van der Waals surface area (Å²) in [5.41, 5.74) is 13.9. The summed E-state index contributed by atoms with van der Waals surface area (Å²) in [5, 5.41) is 5.93. The molecule has 11 heteroatoms. The third-order valence-corrected chi connectivity index (χ3v) is 8.94. The maximum Gasteiger partial charge on any atom is 0.245 e. The zero-order valence-corrected chi connectivity index (χ0v) is 27.7. The van der Waals surface area contributed by atoms with Gasteiger partial charge in [0.1, 0.15) is 18.1 Å². The molecule has 0 radical (unpaired) electrons. The maximum atomic E-state index is 14.2. The van der Waals surface area contributed by atoms with Gasteiger partial charge in [-0.3, -0.25) is 24.1 Å². The Labute approximate surface area is 272 Å². The lowest BCUT2D eigenvalue weighted by molar-refractivity contribution is -0.137. The fourth-order valence-electron chi connectivity index (χ4n) is 5.56. The van der Waals surface area contributed by atoms with Crippen molar-refractivity contribution in [2.45, 2.75) is 71.0 Å². The number of anilines is 1. The van der Waals surface area contributed by atoms with E-state index < -0.39 is 35.8 Å². The van der Waals surface area contributed by atoms with Gasteiger partial charge in [0.2, 0.25) is 23.6 Å². The van der Waals surface area contributed by atoms with Gasteiger partial charge in [-0.15, -0.1) is 0 Å². The molecular formula is C34H50N6O4S. The summed E-state index contributed by atoms with van der Waals surface area (Å²) in [6, 6.07) is 14.2. The van der Waals surface area contributed by atoms with Crippen LogP contribution in [0.25, 0.3) is 0 Å². The van der Waals surface area contributed by atoms with E-state index >= 15 is 0 Å². The molecule has 2 aromatic rings. The highest BCUT2D eigenvalue weighted by molar-refractivity contribution is 7.99. The van der Waals surface area contributed by atoms with Gasteiger partial charge in [0, 0.05) is 31.0 Å². The fourth-order valence-corrected chi connectivity index (χ4v) is 6.44. The molecular weight excluding hydrogens is 588 g/mol. The molecule has 0 aliphatic carbocycles. The first kappa shape index (κ1) is 36.1. The van der Waals surface area contributed by atoms with Gasteiger partial charge in [0.15, 0.2) is 0 Å². The predicted molar refractivity (Wildman–Crippen MR) is 182 cm³/mol. The van der Waals surface area contributed by atoms with Crippen LogP contribution in [0.4, 0.5) is 5.69 Å². The van der Waals surface area contributed by atoms with Gasteiger partial charge in [-0.25, -0.2) is 0 Å². The van der Waals surface area contributed by atoms with Crippen LogP contribution in [0.15, 0.2) is 54.6 Å². The van der Waals surface area contributed by atoms with Crippen LogP contribution in [0.5, 0.6) is 0 Å². The molecule has 246 valence electrons. The first-order valence-electron chi connectivity index (χ1n) is 15.9. The number of aryl methyl sites for hydroxylation is 1. The van der Waals surface area contributed by atoms with Gasteiger partial charge < -0.3 is 27.0 Å². The minimum atomic E-state index is -0.976. The second-order valence-electron chi connectivity index (χ2n) is 11.9. The number of thioether (sulfide) groups is 1. The van der Waals surface area contributed by atoms with Crippen molar-refractivity contribution < 1.29 is 19.2 Å². The molecule has 6 N–H and O–H groups in total. The molecule has 0 saturated carbocycles. The Morgan fingerprint density at radius 2 is 1.60 bits per heavy atom. The Kier molecular flexibility index (Phi) is 14.9. The first-order valence-corrected chi connectivity index (χ1v) is 17.1. The van der Waals surface area contributed by atoms with Crippen molar-refractivity contribution in [1.82, 2.24) is 15.5 Å². The van der Waals surface area contributed by atoms with Crippen molar-refractivity contribution in [3.63, 3.8) is 0 Å². The van der Waals surface area contributed by atoms with Crippen LogP contribution in [0.2, 0.25) is 0 Å². The van der Waals surface area contributed by atoms with Crippen LogP contribution < -0.4 is 27.0 Å². The summed E-state index contributed by atoms with van der Waals surface area (Å²) < 4.78 is 0. The van der Waals surface area contributed by atoms with Crippen molar-refractivity contribution in [2.75, 3.05) is 42.6 Å². The predicted octanol–water partition coefficient (Wildman–Crippen LogP) is 2.62. The summed E-state index contributed by atoms with van der Waals surface area (Å²) in [6.45, 7) is 7.21. The van der Waals surface area contributed by atoms with Crippen molar-refractivity contribution in [3.05, 3.63) is 65.7 Å². The average molecular weight is 639 g/mol. The number of para-hydroxylation sites is 1. The molecule has 10 nitrogen and oxygen atoms in total. The van der Waals surface area contributed by atoms with E-state index in [4.69, 9.17) is 11.5 Å². The second-order valence-corrected chi connectivity index (χ2v) is 13.2. The molecule has 4 amide bonds. The van der Waals surface area contributed by atoms with Gasteiger partial charge in [-0.1, -0.05) is 62.4 Å². The minimum absolute atomic E-state index is 0.0626.